The van der Waals surface area contributed by atoms with E-state index in [-0.39, 0.29) is 28.3 Å². The summed E-state index contributed by atoms with van der Waals surface area (Å²) in [4.78, 5) is 17.0. The van der Waals surface area contributed by atoms with E-state index in [9.17, 15) is 17.6 Å². The highest BCUT2D eigenvalue weighted by Crippen LogP contribution is 2.25. The van der Waals surface area contributed by atoms with Crippen molar-refractivity contribution < 1.29 is 22.0 Å². The lowest BCUT2D eigenvalue weighted by Crippen LogP contribution is -2.11. The summed E-state index contributed by atoms with van der Waals surface area (Å²) in [5.74, 6) is -0.320. The molecule has 1 amide bonds. The van der Waals surface area contributed by atoms with Crippen LogP contribution in [0.5, 0.6) is 0 Å². The molecule has 0 saturated heterocycles. The van der Waals surface area contributed by atoms with E-state index < -0.39 is 9.84 Å². The number of oxazole rings is 1. The highest BCUT2D eigenvalue weighted by Gasteiger charge is 2.21. The molecule has 0 bridgehead atoms. The Morgan fingerprint density at radius 1 is 0.969 bits per heavy atom. The predicted molar refractivity (Wildman–Crippen MR) is 118 cm³/mol. The second-order valence-electron chi connectivity index (χ2n) is 7.13. The first-order valence-electron chi connectivity index (χ1n) is 9.73. The van der Waals surface area contributed by atoms with E-state index in [2.05, 4.69) is 10.3 Å². The molecule has 1 heterocycles. The van der Waals surface area contributed by atoms with Crippen LogP contribution in [0.4, 0.5) is 10.1 Å². The number of carbonyl (C=O) groups excluding carboxylic acids is 1. The van der Waals surface area contributed by atoms with Crippen molar-refractivity contribution in [2.75, 3.05) is 5.32 Å². The van der Waals surface area contributed by atoms with Gasteiger partial charge in [-0.1, -0.05) is 18.2 Å². The summed E-state index contributed by atoms with van der Waals surface area (Å²) in [6.07, 6.45) is 0. The standard InChI is InChI=1S/C24H19FN2O4S/c1-16-22(15-32(29,30)21-5-3-2-4-6-21)27-24(31-16)18-9-7-17(8-10-18)23(28)26-20-13-11-19(25)12-14-20/h2-14H,15H2,1H3,(H,26,28). The summed E-state index contributed by atoms with van der Waals surface area (Å²) in [7, 11) is -3.55. The van der Waals surface area contributed by atoms with Crippen molar-refractivity contribution in [2.45, 2.75) is 17.6 Å². The van der Waals surface area contributed by atoms with Gasteiger partial charge in [0.15, 0.2) is 9.84 Å². The number of aromatic nitrogens is 1. The third kappa shape index (κ3) is 4.76. The van der Waals surface area contributed by atoms with Crippen LogP contribution in [0.25, 0.3) is 11.5 Å². The molecule has 1 N–H and O–H groups in total. The maximum Gasteiger partial charge on any atom is 0.255 e. The summed E-state index contributed by atoms with van der Waals surface area (Å²) in [6, 6.07) is 20.2. The molecule has 162 valence electrons. The Bertz CT molecular complexity index is 1350. The Hall–Kier alpha value is -3.78. The number of sulfone groups is 1. The topological polar surface area (TPSA) is 89.3 Å². The monoisotopic (exact) mass is 450 g/mol. The molecule has 6 nitrogen and oxygen atoms in total. The van der Waals surface area contributed by atoms with Gasteiger partial charge in [-0.25, -0.2) is 17.8 Å². The number of benzene rings is 3. The number of carbonyl (C=O) groups is 1. The number of amides is 1. The first-order chi connectivity index (χ1) is 15.3. The zero-order valence-electron chi connectivity index (χ0n) is 17.1. The molecule has 0 fully saturated rings. The number of nitrogens with one attached hydrogen (secondary N) is 1. The number of aryl methyl sites for hydroxylation is 1. The van der Waals surface area contributed by atoms with Crippen LogP contribution in [0.15, 0.2) is 88.2 Å². The SMILES string of the molecule is Cc1oc(-c2ccc(C(=O)Nc3ccc(F)cc3)cc2)nc1CS(=O)(=O)c1ccccc1. The number of rotatable bonds is 6. The van der Waals surface area contributed by atoms with E-state index in [0.717, 1.165) is 0 Å². The van der Waals surface area contributed by atoms with Gasteiger partial charge in [-0.2, -0.15) is 0 Å². The van der Waals surface area contributed by atoms with Gasteiger partial charge in [0.1, 0.15) is 17.3 Å². The number of hydrogen-bond donors (Lipinski definition) is 1. The molecule has 0 saturated carbocycles. The molecule has 0 radical (unpaired) electrons. The minimum atomic E-state index is -3.55. The minimum Gasteiger partial charge on any atom is -0.441 e. The fourth-order valence-electron chi connectivity index (χ4n) is 3.08. The van der Waals surface area contributed by atoms with Crippen molar-refractivity contribution in [2.24, 2.45) is 0 Å². The van der Waals surface area contributed by atoms with E-state index in [1.165, 1.54) is 24.3 Å². The molecule has 4 rings (SSSR count). The lowest BCUT2D eigenvalue weighted by Gasteiger charge is -2.05. The van der Waals surface area contributed by atoms with Gasteiger partial charge in [-0.05, 0) is 67.6 Å². The number of anilines is 1. The molecule has 0 atom stereocenters. The van der Waals surface area contributed by atoms with Crippen LogP contribution in [0, 0.1) is 12.7 Å². The molecule has 0 unspecified atom stereocenters. The highest BCUT2D eigenvalue weighted by atomic mass is 32.2. The van der Waals surface area contributed by atoms with Crippen molar-refractivity contribution >= 4 is 21.4 Å². The van der Waals surface area contributed by atoms with Gasteiger partial charge >= 0.3 is 0 Å². The van der Waals surface area contributed by atoms with E-state index >= 15 is 0 Å². The molecule has 0 spiro atoms. The average Bonchev–Trinajstić information content (AvgIpc) is 3.15. The van der Waals surface area contributed by atoms with Crippen LogP contribution in [0.1, 0.15) is 21.8 Å². The van der Waals surface area contributed by atoms with E-state index in [0.29, 0.717) is 28.3 Å². The van der Waals surface area contributed by atoms with Gasteiger partial charge in [0.25, 0.3) is 5.91 Å². The van der Waals surface area contributed by atoms with Crippen LogP contribution in [-0.2, 0) is 15.6 Å². The third-order valence-corrected chi connectivity index (χ3v) is 6.46. The van der Waals surface area contributed by atoms with Crippen molar-refractivity contribution in [3.05, 3.63) is 102 Å². The van der Waals surface area contributed by atoms with E-state index in [1.807, 2.05) is 0 Å². The minimum absolute atomic E-state index is 0.223. The Morgan fingerprint density at radius 2 is 1.62 bits per heavy atom. The zero-order chi connectivity index (χ0) is 22.7. The molecule has 1 aromatic heterocycles. The third-order valence-electron chi connectivity index (χ3n) is 4.82. The highest BCUT2D eigenvalue weighted by molar-refractivity contribution is 7.90. The number of nitrogens with zero attached hydrogens (tertiary/aromatic N) is 1. The summed E-state index contributed by atoms with van der Waals surface area (Å²) in [5.41, 5.74) is 1.82. The molecule has 0 aliphatic heterocycles. The maximum absolute atomic E-state index is 13.0. The van der Waals surface area contributed by atoms with Crippen LogP contribution in [-0.4, -0.2) is 19.3 Å². The normalized spacial score (nSPS) is 11.3. The molecular formula is C24H19FN2O4S. The number of hydrogen-bond acceptors (Lipinski definition) is 5. The largest absolute Gasteiger partial charge is 0.441 e. The van der Waals surface area contributed by atoms with Crippen LogP contribution < -0.4 is 5.32 Å². The molecule has 3 aromatic carbocycles. The van der Waals surface area contributed by atoms with Gasteiger partial charge in [0.05, 0.1) is 10.6 Å². The summed E-state index contributed by atoms with van der Waals surface area (Å²) in [5, 5.41) is 2.69. The Balaban J connectivity index is 1.50. The van der Waals surface area contributed by atoms with Gasteiger partial charge in [-0.15, -0.1) is 0 Å². The predicted octanol–water partition coefficient (Wildman–Crippen LogP) is 5.02. The van der Waals surface area contributed by atoms with Crippen LogP contribution in [0.2, 0.25) is 0 Å². The second-order valence-corrected chi connectivity index (χ2v) is 9.12. The van der Waals surface area contributed by atoms with Gasteiger partial charge in [0, 0.05) is 16.8 Å². The summed E-state index contributed by atoms with van der Waals surface area (Å²) >= 11 is 0. The molecule has 32 heavy (non-hydrogen) atoms. The van der Waals surface area contributed by atoms with E-state index in [4.69, 9.17) is 4.42 Å². The number of halogens is 1. The van der Waals surface area contributed by atoms with Crippen molar-refractivity contribution in [3.63, 3.8) is 0 Å². The molecule has 8 heteroatoms. The van der Waals surface area contributed by atoms with Crippen molar-refractivity contribution in [1.29, 1.82) is 0 Å². The van der Waals surface area contributed by atoms with Gasteiger partial charge in [-0.3, -0.25) is 4.79 Å². The van der Waals surface area contributed by atoms with E-state index in [1.54, 1.807) is 61.5 Å². The summed E-state index contributed by atoms with van der Waals surface area (Å²) < 4.78 is 44.0. The van der Waals surface area contributed by atoms with Gasteiger partial charge < -0.3 is 9.73 Å². The Morgan fingerprint density at radius 3 is 2.28 bits per heavy atom. The fourth-order valence-corrected chi connectivity index (χ4v) is 4.44. The first kappa shape index (κ1) is 21.5. The second kappa shape index (κ2) is 8.76. The molecular weight excluding hydrogens is 431 g/mol. The van der Waals surface area contributed by atoms with Crippen LogP contribution in [0.3, 0.4) is 0 Å². The first-order valence-corrected chi connectivity index (χ1v) is 11.4. The molecule has 0 aliphatic rings. The smallest absolute Gasteiger partial charge is 0.255 e. The van der Waals surface area contributed by atoms with Crippen molar-refractivity contribution in [1.82, 2.24) is 4.98 Å². The average molecular weight is 450 g/mol. The Labute approximate surface area is 184 Å². The summed E-state index contributed by atoms with van der Waals surface area (Å²) in [6.45, 7) is 1.66. The quantitative estimate of drug-likeness (QED) is 0.446. The Kier molecular flexibility index (Phi) is 5.87. The van der Waals surface area contributed by atoms with Gasteiger partial charge in [0.2, 0.25) is 5.89 Å². The molecule has 4 aromatic rings. The molecule has 0 aliphatic carbocycles. The lowest BCUT2D eigenvalue weighted by molar-refractivity contribution is 0.102. The van der Waals surface area contributed by atoms with Crippen molar-refractivity contribution in [3.8, 4) is 11.5 Å². The zero-order valence-corrected chi connectivity index (χ0v) is 17.9. The lowest BCUT2D eigenvalue weighted by atomic mass is 10.1. The van der Waals surface area contributed by atoms with Crippen LogP contribution >= 0.6 is 0 Å². The maximum atomic E-state index is 13.0. The fraction of sp³-hybridized carbons (Fsp3) is 0.0833.